The molecule has 2 aromatic rings. The first kappa shape index (κ1) is 20.2. The number of hydrogen-bond acceptors (Lipinski definition) is 6. The number of Topliss-reactive ketones (excluding diaryl/α,β-unsaturated/α-hetero) is 1. The number of methoxy groups -OCH3 is 1. The van der Waals surface area contributed by atoms with Gasteiger partial charge in [0, 0.05) is 5.69 Å². The van der Waals surface area contributed by atoms with Gasteiger partial charge in [0.25, 0.3) is 0 Å². The summed E-state index contributed by atoms with van der Waals surface area (Å²) < 4.78 is 15.3. The molecule has 1 N–H and O–H groups in total. The molecule has 144 valence electrons. The fourth-order valence-electron chi connectivity index (χ4n) is 2.69. The van der Waals surface area contributed by atoms with E-state index in [-0.39, 0.29) is 18.7 Å². The fourth-order valence-corrected chi connectivity index (χ4v) is 2.69. The van der Waals surface area contributed by atoms with Crippen LogP contribution in [0.2, 0.25) is 0 Å². The number of rotatable bonds is 8. The van der Waals surface area contributed by atoms with Gasteiger partial charge in [-0.05, 0) is 38.0 Å². The van der Waals surface area contributed by atoms with Crippen molar-refractivity contribution in [2.75, 3.05) is 20.3 Å². The van der Waals surface area contributed by atoms with E-state index < -0.39 is 24.3 Å². The van der Waals surface area contributed by atoms with Gasteiger partial charge < -0.3 is 19.2 Å². The van der Waals surface area contributed by atoms with Crippen LogP contribution in [0.3, 0.4) is 0 Å². The molecule has 0 amide bonds. The molecular weight excluding hydrogens is 350 g/mol. The van der Waals surface area contributed by atoms with Crippen molar-refractivity contribution in [3.05, 3.63) is 52.3 Å². The number of aromatic amines is 1. The van der Waals surface area contributed by atoms with Crippen LogP contribution in [0.15, 0.2) is 24.3 Å². The maximum absolute atomic E-state index is 12.3. The second-order valence-electron chi connectivity index (χ2n) is 6.06. The summed E-state index contributed by atoms with van der Waals surface area (Å²) in [5.41, 5.74) is 2.53. The highest BCUT2D eigenvalue weighted by atomic mass is 16.5. The average molecular weight is 373 g/mol. The topological polar surface area (TPSA) is 94.7 Å². The Morgan fingerprint density at radius 2 is 1.78 bits per heavy atom. The molecule has 0 aliphatic rings. The van der Waals surface area contributed by atoms with E-state index in [1.807, 2.05) is 31.2 Å². The molecule has 0 radical (unpaired) electrons. The van der Waals surface area contributed by atoms with Crippen molar-refractivity contribution in [2.24, 2.45) is 0 Å². The quantitative estimate of drug-likeness (QED) is 0.565. The first-order valence-electron chi connectivity index (χ1n) is 8.49. The van der Waals surface area contributed by atoms with Crippen LogP contribution in [0.4, 0.5) is 0 Å². The molecule has 1 aromatic heterocycles. The van der Waals surface area contributed by atoms with Crippen LogP contribution in [-0.4, -0.2) is 43.0 Å². The minimum atomic E-state index is -0.536. The van der Waals surface area contributed by atoms with Crippen LogP contribution < -0.4 is 4.74 Å². The summed E-state index contributed by atoms with van der Waals surface area (Å²) in [7, 11) is 1.27. The van der Waals surface area contributed by atoms with Gasteiger partial charge in [0.2, 0.25) is 5.78 Å². The highest BCUT2D eigenvalue weighted by molar-refractivity contribution is 6.02. The van der Waals surface area contributed by atoms with Crippen LogP contribution in [0.25, 0.3) is 0 Å². The Hall–Kier alpha value is -3.09. The van der Waals surface area contributed by atoms with Gasteiger partial charge in [-0.3, -0.25) is 9.59 Å². The Balaban J connectivity index is 1.86. The maximum Gasteiger partial charge on any atom is 0.339 e. The predicted molar refractivity (Wildman–Crippen MR) is 98.2 cm³/mol. The standard InChI is InChI=1S/C20H23NO6/c1-12-7-5-6-8-16(12)26-10-9-17(23)27-11-15(22)19-13(2)18(14(3)21-19)20(24)25-4/h5-8,21H,9-11H2,1-4H3. The zero-order valence-electron chi connectivity index (χ0n) is 15.9. The third-order valence-corrected chi connectivity index (χ3v) is 4.13. The lowest BCUT2D eigenvalue weighted by Gasteiger charge is -2.08. The summed E-state index contributed by atoms with van der Waals surface area (Å²) in [4.78, 5) is 38.7. The van der Waals surface area contributed by atoms with Gasteiger partial charge in [0.05, 0.1) is 31.4 Å². The minimum absolute atomic E-state index is 0.0256. The number of carbonyl (C=O) groups is 3. The molecule has 0 aliphatic carbocycles. The van der Waals surface area contributed by atoms with Crippen LogP contribution >= 0.6 is 0 Å². The lowest BCUT2D eigenvalue weighted by atomic mass is 10.1. The van der Waals surface area contributed by atoms with Crippen molar-refractivity contribution < 1.29 is 28.6 Å². The van der Waals surface area contributed by atoms with Crippen molar-refractivity contribution in [1.82, 2.24) is 4.98 Å². The second-order valence-corrected chi connectivity index (χ2v) is 6.06. The van der Waals surface area contributed by atoms with Crippen molar-refractivity contribution >= 4 is 17.7 Å². The number of para-hydroxylation sites is 1. The van der Waals surface area contributed by atoms with Crippen LogP contribution in [-0.2, 0) is 14.3 Å². The number of esters is 2. The molecule has 0 unspecified atom stereocenters. The van der Waals surface area contributed by atoms with E-state index in [0.717, 1.165) is 5.56 Å². The molecule has 7 nitrogen and oxygen atoms in total. The number of benzene rings is 1. The van der Waals surface area contributed by atoms with Crippen molar-refractivity contribution in [2.45, 2.75) is 27.2 Å². The summed E-state index contributed by atoms with van der Waals surface area (Å²) in [5.74, 6) is -0.773. The molecule has 1 heterocycles. The number of ether oxygens (including phenoxy) is 3. The highest BCUT2D eigenvalue weighted by Gasteiger charge is 2.23. The van der Waals surface area contributed by atoms with Gasteiger partial charge in [-0.1, -0.05) is 18.2 Å². The highest BCUT2D eigenvalue weighted by Crippen LogP contribution is 2.19. The van der Waals surface area contributed by atoms with Gasteiger partial charge >= 0.3 is 11.9 Å². The van der Waals surface area contributed by atoms with Crippen molar-refractivity contribution in [3.63, 3.8) is 0 Å². The number of H-pyrrole nitrogens is 1. The minimum Gasteiger partial charge on any atom is -0.493 e. The summed E-state index contributed by atoms with van der Waals surface area (Å²) in [6.07, 6.45) is 0.0256. The first-order valence-corrected chi connectivity index (χ1v) is 8.49. The van der Waals surface area contributed by atoms with E-state index >= 15 is 0 Å². The summed E-state index contributed by atoms with van der Waals surface area (Å²) >= 11 is 0. The maximum atomic E-state index is 12.3. The fraction of sp³-hybridized carbons (Fsp3) is 0.350. The Morgan fingerprint density at radius 3 is 2.44 bits per heavy atom. The number of carbonyl (C=O) groups excluding carboxylic acids is 3. The Bertz CT molecular complexity index is 852. The van der Waals surface area contributed by atoms with Gasteiger partial charge in [0.15, 0.2) is 6.61 Å². The molecule has 0 fully saturated rings. The Morgan fingerprint density at radius 1 is 1.07 bits per heavy atom. The molecule has 0 saturated carbocycles. The van der Waals surface area contributed by atoms with E-state index in [4.69, 9.17) is 14.2 Å². The number of ketones is 1. The molecule has 0 bridgehead atoms. The molecule has 0 saturated heterocycles. The lowest BCUT2D eigenvalue weighted by molar-refractivity contribution is -0.143. The summed E-state index contributed by atoms with van der Waals surface area (Å²) in [6.45, 7) is 4.97. The Labute approximate surface area is 157 Å². The second kappa shape index (κ2) is 9.02. The SMILES string of the molecule is COC(=O)c1c(C)[nH]c(C(=O)COC(=O)CCOc2ccccc2C)c1C. The normalized spacial score (nSPS) is 10.4. The molecule has 27 heavy (non-hydrogen) atoms. The van der Waals surface area contributed by atoms with Gasteiger partial charge in [0.1, 0.15) is 5.75 Å². The number of aryl methyl sites for hydroxylation is 2. The van der Waals surface area contributed by atoms with Gasteiger partial charge in [-0.25, -0.2) is 4.79 Å². The van der Waals surface area contributed by atoms with E-state index in [1.54, 1.807) is 13.8 Å². The predicted octanol–water partition coefficient (Wildman–Crippen LogP) is 2.92. The summed E-state index contributed by atoms with van der Waals surface area (Å²) in [6, 6.07) is 7.48. The number of hydrogen-bond donors (Lipinski definition) is 1. The van der Waals surface area contributed by atoms with Gasteiger partial charge in [-0.2, -0.15) is 0 Å². The van der Waals surface area contributed by atoms with Crippen molar-refractivity contribution in [1.29, 1.82) is 0 Å². The monoisotopic (exact) mass is 373 g/mol. The third-order valence-electron chi connectivity index (χ3n) is 4.13. The Kier molecular flexibility index (Phi) is 6.76. The van der Waals surface area contributed by atoms with E-state index in [9.17, 15) is 14.4 Å². The van der Waals surface area contributed by atoms with E-state index in [0.29, 0.717) is 22.6 Å². The zero-order valence-corrected chi connectivity index (χ0v) is 15.9. The molecule has 2 rings (SSSR count). The number of aromatic nitrogens is 1. The van der Waals surface area contributed by atoms with E-state index in [2.05, 4.69) is 4.98 Å². The largest absolute Gasteiger partial charge is 0.493 e. The average Bonchev–Trinajstić information content (AvgIpc) is 2.95. The molecule has 0 aliphatic heterocycles. The molecule has 0 atom stereocenters. The smallest absolute Gasteiger partial charge is 0.339 e. The van der Waals surface area contributed by atoms with Crippen molar-refractivity contribution in [3.8, 4) is 5.75 Å². The molecule has 1 aromatic carbocycles. The van der Waals surface area contributed by atoms with Gasteiger partial charge in [-0.15, -0.1) is 0 Å². The summed E-state index contributed by atoms with van der Waals surface area (Å²) in [5, 5.41) is 0. The van der Waals surface area contributed by atoms with Crippen LogP contribution in [0.5, 0.6) is 5.75 Å². The lowest BCUT2D eigenvalue weighted by Crippen LogP contribution is -2.17. The van der Waals surface area contributed by atoms with Crippen LogP contribution in [0, 0.1) is 20.8 Å². The van der Waals surface area contributed by atoms with E-state index in [1.165, 1.54) is 7.11 Å². The number of nitrogens with one attached hydrogen (secondary N) is 1. The first-order chi connectivity index (χ1) is 12.8. The molecule has 7 heteroatoms. The third kappa shape index (κ3) is 4.97. The van der Waals surface area contributed by atoms with Crippen LogP contribution in [0.1, 0.15) is 44.1 Å². The zero-order chi connectivity index (χ0) is 20.0. The molecular formula is C20H23NO6. The molecule has 0 spiro atoms.